The molecule has 0 spiro atoms. The van der Waals surface area contributed by atoms with Crippen LogP contribution in [0.5, 0.6) is 0 Å². The van der Waals surface area contributed by atoms with Gasteiger partial charge in [-0.05, 0) is 50.8 Å². The smallest absolute Gasteiger partial charge is 0.230 e. The summed E-state index contributed by atoms with van der Waals surface area (Å²) in [6.07, 6.45) is 3.00. The molecule has 4 heteroatoms. The second-order valence-electron chi connectivity index (χ2n) is 6.64. The Morgan fingerprint density at radius 2 is 2.19 bits per heavy atom. The Morgan fingerprint density at radius 3 is 2.76 bits per heavy atom. The first-order chi connectivity index (χ1) is 10.0. The quantitative estimate of drug-likeness (QED) is 0.904. The molecule has 0 aromatic heterocycles. The highest BCUT2D eigenvalue weighted by molar-refractivity contribution is 9.10. The highest BCUT2D eigenvalue weighted by Crippen LogP contribution is 2.49. The summed E-state index contributed by atoms with van der Waals surface area (Å²) in [6, 6.07) is 9.06. The zero-order valence-electron chi connectivity index (χ0n) is 12.7. The van der Waals surface area contributed by atoms with E-state index in [1.54, 1.807) is 0 Å². The van der Waals surface area contributed by atoms with Crippen molar-refractivity contribution in [1.29, 1.82) is 0 Å². The number of rotatable bonds is 4. The minimum Gasteiger partial charge on any atom is -0.351 e. The van der Waals surface area contributed by atoms with E-state index in [0.717, 1.165) is 42.4 Å². The minimum atomic E-state index is -0.269. The van der Waals surface area contributed by atoms with Crippen molar-refractivity contribution < 1.29 is 4.79 Å². The number of halogens is 1. The van der Waals surface area contributed by atoms with Gasteiger partial charge >= 0.3 is 0 Å². The molecule has 2 aliphatic rings. The van der Waals surface area contributed by atoms with Crippen LogP contribution in [0.3, 0.4) is 0 Å². The maximum absolute atomic E-state index is 12.7. The highest BCUT2D eigenvalue weighted by Gasteiger charge is 2.51. The lowest BCUT2D eigenvalue weighted by Crippen LogP contribution is -2.43. The standard InChI is InChI=1S/C17H23BrN2O/c1-12(2)20-9-6-15(11-20)19-16(21)17(7-8-17)13-4-3-5-14(18)10-13/h3-5,10,12,15H,6-9,11H2,1-2H3,(H,19,21). The summed E-state index contributed by atoms with van der Waals surface area (Å²) in [7, 11) is 0. The molecule has 1 saturated heterocycles. The van der Waals surface area contributed by atoms with Crippen molar-refractivity contribution in [2.45, 2.75) is 50.6 Å². The van der Waals surface area contributed by atoms with Crippen molar-refractivity contribution in [3.05, 3.63) is 34.3 Å². The number of likely N-dealkylation sites (tertiary alicyclic amines) is 1. The summed E-state index contributed by atoms with van der Waals surface area (Å²) < 4.78 is 1.05. The third-order valence-electron chi connectivity index (χ3n) is 4.85. The van der Waals surface area contributed by atoms with Gasteiger partial charge in [0.1, 0.15) is 0 Å². The second-order valence-corrected chi connectivity index (χ2v) is 7.56. The van der Waals surface area contributed by atoms with Crippen molar-refractivity contribution in [2.24, 2.45) is 0 Å². The van der Waals surface area contributed by atoms with Gasteiger partial charge in [0.05, 0.1) is 5.41 Å². The van der Waals surface area contributed by atoms with Crippen molar-refractivity contribution in [1.82, 2.24) is 10.2 Å². The van der Waals surface area contributed by atoms with Gasteiger partial charge in [0.25, 0.3) is 0 Å². The fourth-order valence-corrected chi connectivity index (χ4v) is 3.65. The minimum absolute atomic E-state index is 0.219. The lowest BCUT2D eigenvalue weighted by molar-refractivity contribution is -0.124. The number of nitrogens with one attached hydrogen (secondary N) is 1. The van der Waals surface area contributed by atoms with Gasteiger partial charge in [-0.25, -0.2) is 0 Å². The molecule has 0 radical (unpaired) electrons. The molecule has 1 N–H and O–H groups in total. The average molecular weight is 351 g/mol. The van der Waals surface area contributed by atoms with Crippen molar-refractivity contribution in [2.75, 3.05) is 13.1 Å². The molecule has 1 aromatic rings. The molecule has 1 amide bonds. The Balaban J connectivity index is 1.66. The average Bonchev–Trinajstić information content (AvgIpc) is 3.13. The Morgan fingerprint density at radius 1 is 1.43 bits per heavy atom. The molecule has 21 heavy (non-hydrogen) atoms. The first-order valence-electron chi connectivity index (χ1n) is 7.82. The third kappa shape index (κ3) is 3.02. The fraction of sp³-hybridized carbons (Fsp3) is 0.588. The summed E-state index contributed by atoms with van der Waals surface area (Å²) in [6.45, 7) is 6.51. The molecule has 3 nitrogen and oxygen atoms in total. The van der Waals surface area contributed by atoms with Crippen LogP contribution in [-0.2, 0) is 10.2 Å². The van der Waals surface area contributed by atoms with Crippen LogP contribution in [0, 0.1) is 0 Å². The molecular weight excluding hydrogens is 328 g/mol. The summed E-state index contributed by atoms with van der Waals surface area (Å²) in [5.41, 5.74) is 0.878. The van der Waals surface area contributed by atoms with Crippen LogP contribution in [0.15, 0.2) is 28.7 Å². The van der Waals surface area contributed by atoms with Gasteiger partial charge in [-0.2, -0.15) is 0 Å². The molecule has 1 aliphatic carbocycles. The summed E-state index contributed by atoms with van der Waals surface area (Å²) in [5, 5.41) is 3.29. The lowest BCUT2D eigenvalue weighted by atomic mass is 9.94. The van der Waals surface area contributed by atoms with E-state index in [2.05, 4.69) is 52.1 Å². The van der Waals surface area contributed by atoms with Gasteiger partial charge in [0, 0.05) is 29.6 Å². The molecule has 1 atom stereocenters. The van der Waals surface area contributed by atoms with Crippen LogP contribution >= 0.6 is 15.9 Å². The number of benzene rings is 1. The van der Waals surface area contributed by atoms with Crippen LogP contribution in [-0.4, -0.2) is 36.0 Å². The molecule has 1 aromatic carbocycles. The Kier molecular flexibility index (Phi) is 4.10. The Labute approximate surface area is 135 Å². The molecule has 0 bridgehead atoms. The number of nitrogens with zero attached hydrogens (tertiary/aromatic N) is 1. The van der Waals surface area contributed by atoms with E-state index in [9.17, 15) is 4.79 Å². The predicted molar refractivity (Wildman–Crippen MR) is 88.3 cm³/mol. The summed E-state index contributed by atoms with van der Waals surface area (Å²) in [5.74, 6) is 0.219. The highest BCUT2D eigenvalue weighted by atomic mass is 79.9. The van der Waals surface area contributed by atoms with Crippen molar-refractivity contribution in [3.8, 4) is 0 Å². The molecule has 2 fully saturated rings. The topological polar surface area (TPSA) is 32.3 Å². The maximum atomic E-state index is 12.7. The zero-order chi connectivity index (χ0) is 15.0. The van der Waals surface area contributed by atoms with E-state index >= 15 is 0 Å². The number of hydrogen-bond acceptors (Lipinski definition) is 2. The first-order valence-corrected chi connectivity index (χ1v) is 8.62. The van der Waals surface area contributed by atoms with E-state index in [4.69, 9.17) is 0 Å². The van der Waals surface area contributed by atoms with E-state index in [0.29, 0.717) is 12.1 Å². The van der Waals surface area contributed by atoms with E-state index in [-0.39, 0.29) is 11.3 Å². The molecule has 1 heterocycles. The van der Waals surface area contributed by atoms with Crippen LogP contribution in [0.25, 0.3) is 0 Å². The van der Waals surface area contributed by atoms with Crippen LogP contribution in [0.2, 0.25) is 0 Å². The number of hydrogen-bond donors (Lipinski definition) is 1. The third-order valence-corrected chi connectivity index (χ3v) is 5.34. The van der Waals surface area contributed by atoms with Gasteiger partial charge in [-0.1, -0.05) is 28.1 Å². The molecule has 1 unspecified atom stereocenters. The second kappa shape index (κ2) is 5.73. The van der Waals surface area contributed by atoms with Crippen LogP contribution in [0.4, 0.5) is 0 Å². The normalized spacial score (nSPS) is 24.3. The molecular formula is C17H23BrN2O. The SMILES string of the molecule is CC(C)N1CCC(NC(=O)C2(c3cccc(Br)c3)CC2)C1. The van der Waals surface area contributed by atoms with Gasteiger partial charge in [0.15, 0.2) is 0 Å². The fourth-order valence-electron chi connectivity index (χ4n) is 3.26. The Hall–Kier alpha value is -0.870. The predicted octanol–water partition coefficient (Wildman–Crippen LogP) is 3.08. The van der Waals surface area contributed by atoms with Gasteiger partial charge in [0.2, 0.25) is 5.91 Å². The lowest BCUT2D eigenvalue weighted by Gasteiger charge is -2.22. The van der Waals surface area contributed by atoms with Gasteiger partial charge in [-0.15, -0.1) is 0 Å². The molecule has 1 aliphatic heterocycles. The Bertz CT molecular complexity index is 539. The largest absolute Gasteiger partial charge is 0.351 e. The number of amides is 1. The molecule has 3 rings (SSSR count). The summed E-state index contributed by atoms with van der Waals surface area (Å²) in [4.78, 5) is 15.2. The van der Waals surface area contributed by atoms with Crippen LogP contribution < -0.4 is 5.32 Å². The zero-order valence-corrected chi connectivity index (χ0v) is 14.3. The summed E-state index contributed by atoms with van der Waals surface area (Å²) >= 11 is 3.51. The monoisotopic (exact) mass is 350 g/mol. The number of carbonyl (C=O) groups is 1. The molecule has 1 saturated carbocycles. The number of carbonyl (C=O) groups excluding carboxylic acids is 1. The first kappa shape index (κ1) is 15.0. The van der Waals surface area contributed by atoms with Crippen molar-refractivity contribution >= 4 is 21.8 Å². The van der Waals surface area contributed by atoms with Gasteiger partial charge < -0.3 is 5.32 Å². The maximum Gasteiger partial charge on any atom is 0.230 e. The van der Waals surface area contributed by atoms with Gasteiger partial charge in [-0.3, -0.25) is 9.69 Å². The van der Waals surface area contributed by atoms with Crippen LogP contribution in [0.1, 0.15) is 38.7 Å². The van der Waals surface area contributed by atoms with E-state index < -0.39 is 0 Å². The van der Waals surface area contributed by atoms with Crippen molar-refractivity contribution in [3.63, 3.8) is 0 Å². The van der Waals surface area contributed by atoms with E-state index in [1.807, 2.05) is 12.1 Å². The molecule has 114 valence electrons. The van der Waals surface area contributed by atoms with E-state index in [1.165, 1.54) is 0 Å².